The lowest BCUT2D eigenvalue weighted by molar-refractivity contribution is -0.121. The molecule has 2 aliphatic rings. The van der Waals surface area contributed by atoms with Gasteiger partial charge >= 0.3 is 0 Å². The van der Waals surface area contributed by atoms with Crippen molar-refractivity contribution in [1.82, 2.24) is 10.2 Å². The molecule has 1 spiro atoms. The van der Waals surface area contributed by atoms with E-state index in [4.69, 9.17) is 4.74 Å². The van der Waals surface area contributed by atoms with Gasteiger partial charge in [-0.3, -0.25) is 9.69 Å². The molecule has 1 fully saturated rings. The number of hydrogen-bond donors (Lipinski definition) is 2. The number of carbonyl (C=O) groups is 1. The van der Waals surface area contributed by atoms with E-state index in [1.165, 1.54) is 28.5 Å². The molecule has 4 rings (SSSR count). The zero-order chi connectivity index (χ0) is 22.9. The summed E-state index contributed by atoms with van der Waals surface area (Å²) in [6.45, 7) is 6.74. The van der Waals surface area contributed by atoms with Gasteiger partial charge in [0.05, 0.1) is 17.9 Å². The monoisotopic (exact) mass is 454 g/mol. The van der Waals surface area contributed by atoms with Crippen LogP contribution in [0.25, 0.3) is 0 Å². The van der Waals surface area contributed by atoms with Crippen molar-refractivity contribution in [3.63, 3.8) is 0 Å². The van der Waals surface area contributed by atoms with Crippen molar-refractivity contribution in [1.29, 1.82) is 0 Å². The third-order valence-electron chi connectivity index (χ3n) is 7.23. The normalized spacial score (nSPS) is 22.1. The van der Waals surface area contributed by atoms with Crippen LogP contribution in [0, 0.1) is 13.8 Å². The molecule has 32 heavy (non-hydrogen) atoms. The fraction of sp³-hybridized carbons (Fsp3) is 0.500. The van der Waals surface area contributed by atoms with E-state index in [1.807, 2.05) is 20.1 Å². The molecular weight excluding hydrogens is 420 g/mol. The van der Waals surface area contributed by atoms with Crippen molar-refractivity contribution in [2.45, 2.75) is 50.8 Å². The molecule has 2 aromatic carbocycles. The summed E-state index contributed by atoms with van der Waals surface area (Å²) < 4.78 is 6.11. The summed E-state index contributed by atoms with van der Waals surface area (Å²) in [5.41, 5.74) is 5.55. The quantitative estimate of drug-likeness (QED) is 0.688. The number of hydrogen-bond acceptors (Lipinski definition) is 5. The number of likely N-dealkylation sites (tertiary alicyclic amines) is 1. The highest BCUT2D eigenvalue weighted by Gasteiger charge is 2.53. The van der Waals surface area contributed by atoms with E-state index >= 15 is 0 Å². The number of aryl methyl sites for hydroxylation is 2. The minimum absolute atomic E-state index is 0.0620. The molecule has 1 saturated heterocycles. The van der Waals surface area contributed by atoms with Gasteiger partial charge in [0.25, 0.3) is 0 Å². The molecule has 0 aromatic heterocycles. The Morgan fingerprint density at radius 1 is 1.22 bits per heavy atom. The topological polar surface area (TPSA) is 61.8 Å². The maximum atomic E-state index is 12.5. The number of phenolic OH excluding ortho intramolecular Hbond substituents is 1. The van der Waals surface area contributed by atoms with Gasteiger partial charge in [0.2, 0.25) is 5.91 Å². The molecule has 1 aliphatic carbocycles. The third kappa shape index (κ3) is 4.16. The molecule has 0 unspecified atom stereocenters. The molecule has 6 heteroatoms. The maximum Gasteiger partial charge on any atom is 0.230 e. The Labute approximate surface area is 195 Å². The van der Waals surface area contributed by atoms with Gasteiger partial charge in [-0.05, 0) is 73.9 Å². The second kappa shape index (κ2) is 9.46. The van der Waals surface area contributed by atoms with E-state index in [9.17, 15) is 9.90 Å². The Bertz CT molecular complexity index is 962. The summed E-state index contributed by atoms with van der Waals surface area (Å²) in [5.74, 6) is 0.916. The fourth-order valence-corrected chi connectivity index (χ4v) is 6.12. The molecule has 2 atom stereocenters. The van der Waals surface area contributed by atoms with Gasteiger partial charge in [-0.1, -0.05) is 36.4 Å². The Morgan fingerprint density at radius 3 is 2.50 bits per heavy atom. The van der Waals surface area contributed by atoms with Gasteiger partial charge in [-0.25, -0.2) is 0 Å². The summed E-state index contributed by atoms with van der Waals surface area (Å²) in [4.78, 5) is 15.0. The van der Waals surface area contributed by atoms with Gasteiger partial charge < -0.3 is 15.2 Å². The fourth-order valence-electron chi connectivity index (χ4n) is 5.78. The van der Waals surface area contributed by atoms with Crippen LogP contribution in [-0.2, 0) is 21.5 Å². The maximum absolute atomic E-state index is 12.5. The average Bonchev–Trinajstić information content (AvgIpc) is 3.02. The van der Waals surface area contributed by atoms with Crippen molar-refractivity contribution in [2.24, 2.45) is 0 Å². The average molecular weight is 455 g/mol. The Hall–Kier alpha value is -2.02. The Kier molecular flexibility index (Phi) is 6.84. The second-order valence-corrected chi connectivity index (χ2v) is 10.1. The SMILES string of the molecule is CO[C@@H]1[C@@H](NC(=O)CSC)c2ccccc2C12CCN(Cc1cc(C)c(O)c(C)c1)CC2. The van der Waals surface area contributed by atoms with E-state index in [-0.39, 0.29) is 23.5 Å². The molecule has 2 N–H and O–H groups in total. The van der Waals surface area contributed by atoms with Crippen LogP contribution in [-0.4, -0.2) is 54.2 Å². The highest BCUT2D eigenvalue weighted by atomic mass is 32.2. The summed E-state index contributed by atoms with van der Waals surface area (Å²) >= 11 is 1.54. The first kappa shape index (κ1) is 23.1. The minimum atomic E-state index is -0.107. The number of methoxy groups -OCH3 is 1. The smallest absolute Gasteiger partial charge is 0.230 e. The van der Waals surface area contributed by atoms with Crippen LogP contribution >= 0.6 is 11.8 Å². The molecule has 0 saturated carbocycles. The van der Waals surface area contributed by atoms with Crippen molar-refractivity contribution < 1.29 is 14.6 Å². The third-order valence-corrected chi connectivity index (χ3v) is 7.78. The first-order valence-corrected chi connectivity index (χ1v) is 12.7. The van der Waals surface area contributed by atoms with Crippen molar-refractivity contribution >= 4 is 17.7 Å². The van der Waals surface area contributed by atoms with E-state index in [0.717, 1.165) is 43.6 Å². The molecule has 1 amide bonds. The summed E-state index contributed by atoms with van der Waals surface area (Å²) in [7, 11) is 1.78. The number of nitrogens with one attached hydrogen (secondary N) is 1. The van der Waals surface area contributed by atoms with Crippen LogP contribution in [0.1, 0.15) is 46.7 Å². The first-order chi connectivity index (χ1) is 15.4. The van der Waals surface area contributed by atoms with Gasteiger partial charge in [-0.15, -0.1) is 0 Å². The van der Waals surface area contributed by atoms with E-state index in [1.54, 1.807) is 7.11 Å². The number of amides is 1. The van der Waals surface area contributed by atoms with Gasteiger partial charge in [-0.2, -0.15) is 11.8 Å². The number of rotatable bonds is 6. The summed E-state index contributed by atoms with van der Waals surface area (Å²) in [5, 5.41) is 13.3. The Morgan fingerprint density at radius 2 is 1.88 bits per heavy atom. The van der Waals surface area contributed by atoms with Crippen LogP contribution in [0.3, 0.4) is 0 Å². The molecular formula is C26H34N2O3S. The molecule has 1 aliphatic heterocycles. The van der Waals surface area contributed by atoms with Gasteiger partial charge in [0, 0.05) is 19.1 Å². The number of phenols is 1. The highest BCUT2D eigenvalue weighted by molar-refractivity contribution is 7.99. The Balaban J connectivity index is 1.54. The lowest BCUT2D eigenvalue weighted by atomic mass is 9.71. The number of aromatic hydroxyl groups is 1. The number of thioether (sulfide) groups is 1. The molecule has 5 nitrogen and oxygen atoms in total. The zero-order valence-electron chi connectivity index (χ0n) is 19.5. The van der Waals surface area contributed by atoms with Crippen LogP contribution in [0.15, 0.2) is 36.4 Å². The number of carbonyl (C=O) groups excluding carboxylic acids is 1. The molecule has 172 valence electrons. The second-order valence-electron chi connectivity index (χ2n) is 9.23. The lowest BCUT2D eigenvalue weighted by Gasteiger charge is -2.44. The number of fused-ring (bicyclic) bond motifs is 2. The van der Waals surface area contributed by atoms with Crippen molar-refractivity contribution in [3.8, 4) is 5.75 Å². The lowest BCUT2D eigenvalue weighted by Crippen LogP contribution is -2.50. The zero-order valence-corrected chi connectivity index (χ0v) is 20.3. The standard InChI is InChI=1S/C26H34N2O3S/c1-17-13-19(14-18(2)24(17)30)15-28-11-9-26(10-12-28)21-8-6-5-7-20(21)23(25(26)31-3)27-22(29)16-32-4/h5-8,13-14,23,25,30H,9-12,15-16H2,1-4H3,(H,27,29)/t23-,25+/m0/s1. The summed E-state index contributed by atoms with van der Waals surface area (Å²) in [6.07, 6.45) is 3.87. The van der Waals surface area contributed by atoms with Crippen LogP contribution in [0.4, 0.5) is 0 Å². The molecule has 2 aromatic rings. The number of ether oxygens (including phenoxy) is 1. The van der Waals surface area contributed by atoms with E-state index in [0.29, 0.717) is 11.5 Å². The number of nitrogens with zero attached hydrogens (tertiary/aromatic N) is 1. The van der Waals surface area contributed by atoms with Gasteiger partial charge in [0.1, 0.15) is 5.75 Å². The highest BCUT2D eigenvalue weighted by Crippen LogP contribution is 2.52. The van der Waals surface area contributed by atoms with Crippen LogP contribution in [0.5, 0.6) is 5.75 Å². The van der Waals surface area contributed by atoms with Crippen LogP contribution in [0.2, 0.25) is 0 Å². The predicted octanol–water partition coefficient (Wildman–Crippen LogP) is 4.09. The van der Waals surface area contributed by atoms with Crippen LogP contribution < -0.4 is 5.32 Å². The summed E-state index contributed by atoms with van der Waals surface area (Å²) in [6, 6.07) is 12.6. The minimum Gasteiger partial charge on any atom is -0.507 e. The first-order valence-electron chi connectivity index (χ1n) is 11.3. The van der Waals surface area contributed by atoms with Crippen molar-refractivity contribution in [3.05, 3.63) is 64.2 Å². The largest absolute Gasteiger partial charge is 0.507 e. The molecule has 0 bridgehead atoms. The number of benzene rings is 2. The molecule has 0 radical (unpaired) electrons. The predicted molar refractivity (Wildman–Crippen MR) is 130 cm³/mol. The van der Waals surface area contributed by atoms with E-state index < -0.39 is 0 Å². The van der Waals surface area contributed by atoms with Gasteiger partial charge in [0.15, 0.2) is 0 Å². The molecule has 1 heterocycles. The van der Waals surface area contributed by atoms with Crippen molar-refractivity contribution in [2.75, 3.05) is 32.2 Å². The van der Waals surface area contributed by atoms with E-state index in [2.05, 4.69) is 46.6 Å². The number of piperidine rings is 1.